The van der Waals surface area contributed by atoms with Crippen molar-refractivity contribution >= 4 is 15.9 Å². The molecule has 2 N–H and O–H groups in total. The van der Waals surface area contributed by atoms with Crippen molar-refractivity contribution < 1.29 is 9.47 Å². The Hall–Kier alpha value is -1.59. The Morgan fingerprint density at radius 3 is 2.62 bits per heavy atom. The lowest BCUT2D eigenvalue weighted by molar-refractivity contribution is 0.267. The van der Waals surface area contributed by atoms with Crippen LogP contribution in [0.1, 0.15) is 23.6 Å². The molecule has 4 nitrogen and oxygen atoms in total. The van der Waals surface area contributed by atoms with Crippen LogP contribution in [0.4, 0.5) is 0 Å². The van der Waals surface area contributed by atoms with Crippen LogP contribution in [0.5, 0.6) is 11.5 Å². The molecule has 1 aromatic heterocycles. The number of hydrogen-bond acceptors (Lipinski definition) is 4. The minimum absolute atomic E-state index is 0.440. The van der Waals surface area contributed by atoms with Crippen LogP contribution in [-0.2, 0) is 13.2 Å². The van der Waals surface area contributed by atoms with Gasteiger partial charge in [0.05, 0.1) is 11.1 Å². The second-order valence-electron chi connectivity index (χ2n) is 4.70. The Morgan fingerprint density at radius 2 is 1.95 bits per heavy atom. The SMILES string of the molecule is CCOc1cc(CN)cc(Br)c1OCc1cncc(C)c1. The Morgan fingerprint density at radius 1 is 1.14 bits per heavy atom. The van der Waals surface area contributed by atoms with Crippen molar-refractivity contribution in [1.29, 1.82) is 0 Å². The van der Waals surface area contributed by atoms with Crippen LogP contribution >= 0.6 is 15.9 Å². The van der Waals surface area contributed by atoms with Crippen molar-refractivity contribution in [1.82, 2.24) is 4.98 Å². The van der Waals surface area contributed by atoms with Gasteiger partial charge in [-0.1, -0.05) is 0 Å². The zero-order chi connectivity index (χ0) is 15.2. The first kappa shape index (κ1) is 15.8. The maximum Gasteiger partial charge on any atom is 0.175 e. The van der Waals surface area contributed by atoms with Crippen molar-refractivity contribution in [3.05, 3.63) is 51.8 Å². The molecule has 0 amide bonds. The molecular formula is C16H19BrN2O2. The maximum atomic E-state index is 5.91. The zero-order valence-electron chi connectivity index (χ0n) is 12.2. The van der Waals surface area contributed by atoms with E-state index in [0.29, 0.717) is 31.3 Å². The Kier molecular flexibility index (Phi) is 5.59. The molecule has 0 spiro atoms. The summed E-state index contributed by atoms with van der Waals surface area (Å²) in [6.07, 6.45) is 3.62. The molecule has 0 aliphatic carbocycles. The molecule has 1 aromatic carbocycles. The first-order valence-electron chi connectivity index (χ1n) is 6.82. The summed E-state index contributed by atoms with van der Waals surface area (Å²) in [4.78, 5) is 4.17. The number of nitrogens with zero attached hydrogens (tertiary/aromatic N) is 1. The van der Waals surface area contributed by atoms with Gasteiger partial charge in [0, 0.05) is 24.5 Å². The summed E-state index contributed by atoms with van der Waals surface area (Å²) in [7, 11) is 0. The van der Waals surface area contributed by atoms with E-state index >= 15 is 0 Å². The highest BCUT2D eigenvalue weighted by atomic mass is 79.9. The van der Waals surface area contributed by atoms with Crippen molar-refractivity contribution in [3.63, 3.8) is 0 Å². The molecule has 1 heterocycles. The summed E-state index contributed by atoms with van der Waals surface area (Å²) < 4.78 is 12.4. The van der Waals surface area contributed by atoms with Crippen molar-refractivity contribution in [3.8, 4) is 11.5 Å². The van der Waals surface area contributed by atoms with Gasteiger partial charge in [0.15, 0.2) is 11.5 Å². The van der Waals surface area contributed by atoms with Crippen molar-refractivity contribution in [2.75, 3.05) is 6.61 Å². The van der Waals surface area contributed by atoms with Crippen LogP contribution in [0.25, 0.3) is 0 Å². The third-order valence-electron chi connectivity index (χ3n) is 2.92. The summed E-state index contributed by atoms with van der Waals surface area (Å²) >= 11 is 3.52. The van der Waals surface area contributed by atoms with Gasteiger partial charge in [0.1, 0.15) is 6.61 Å². The molecule has 2 aromatic rings. The Labute approximate surface area is 133 Å². The summed E-state index contributed by atoms with van der Waals surface area (Å²) in [6.45, 7) is 5.42. The monoisotopic (exact) mass is 350 g/mol. The van der Waals surface area contributed by atoms with Crippen LogP contribution in [0.2, 0.25) is 0 Å². The smallest absolute Gasteiger partial charge is 0.175 e. The molecule has 0 aliphatic heterocycles. The molecule has 0 saturated carbocycles. The van der Waals surface area contributed by atoms with Crippen molar-refractivity contribution in [2.24, 2.45) is 5.73 Å². The summed E-state index contributed by atoms with van der Waals surface area (Å²) in [5.41, 5.74) is 8.82. The van der Waals surface area contributed by atoms with Gasteiger partial charge >= 0.3 is 0 Å². The van der Waals surface area contributed by atoms with Gasteiger partial charge in [-0.3, -0.25) is 4.98 Å². The number of ether oxygens (including phenoxy) is 2. The molecule has 0 aliphatic rings. The zero-order valence-corrected chi connectivity index (χ0v) is 13.8. The lowest BCUT2D eigenvalue weighted by Gasteiger charge is -2.15. The van der Waals surface area contributed by atoms with E-state index in [9.17, 15) is 0 Å². The van der Waals surface area contributed by atoms with Gasteiger partial charge in [-0.15, -0.1) is 0 Å². The van der Waals surface area contributed by atoms with Gasteiger partial charge in [0.25, 0.3) is 0 Å². The standard InChI is InChI=1S/C16H19BrN2O2/c1-3-20-15-6-12(7-18)5-14(17)16(15)21-10-13-4-11(2)8-19-9-13/h4-6,8-9H,3,7,10,18H2,1-2H3. The van der Waals surface area contributed by atoms with E-state index in [2.05, 4.69) is 27.0 Å². The van der Waals surface area contributed by atoms with Crippen LogP contribution in [0.15, 0.2) is 35.1 Å². The molecule has 0 atom stereocenters. The molecule has 0 unspecified atom stereocenters. The van der Waals surface area contributed by atoms with Crippen LogP contribution < -0.4 is 15.2 Å². The van der Waals surface area contributed by atoms with Crippen molar-refractivity contribution in [2.45, 2.75) is 27.0 Å². The van der Waals surface area contributed by atoms with Crippen LogP contribution in [0.3, 0.4) is 0 Å². The van der Waals surface area contributed by atoms with E-state index in [-0.39, 0.29) is 0 Å². The van der Waals surface area contributed by atoms with Gasteiger partial charge in [-0.05, 0) is 59.1 Å². The molecular weight excluding hydrogens is 332 g/mol. The fourth-order valence-electron chi connectivity index (χ4n) is 1.99. The van der Waals surface area contributed by atoms with E-state index in [1.54, 1.807) is 6.20 Å². The Balaban J connectivity index is 2.22. The molecule has 0 saturated heterocycles. The fraction of sp³-hybridized carbons (Fsp3) is 0.312. The number of benzene rings is 1. The first-order chi connectivity index (χ1) is 10.1. The number of aromatic nitrogens is 1. The molecule has 0 fully saturated rings. The third-order valence-corrected chi connectivity index (χ3v) is 3.51. The molecule has 0 radical (unpaired) electrons. The summed E-state index contributed by atoms with van der Waals surface area (Å²) in [6, 6.07) is 5.92. The highest BCUT2D eigenvalue weighted by Gasteiger charge is 2.12. The van der Waals surface area contributed by atoms with Gasteiger partial charge in [0.2, 0.25) is 0 Å². The van der Waals surface area contributed by atoms with Crippen LogP contribution in [0, 0.1) is 6.92 Å². The van der Waals surface area contributed by atoms with Gasteiger partial charge < -0.3 is 15.2 Å². The highest BCUT2D eigenvalue weighted by Crippen LogP contribution is 2.37. The van der Waals surface area contributed by atoms with Crippen LogP contribution in [-0.4, -0.2) is 11.6 Å². The predicted octanol–water partition coefficient (Wildman–Crippen LogP) is 3.59. The molecule has 5 heteroatoms. The minimum Gasteiger partial charge on any atom is -0.490 e. The Bertz CT molecular complexity index is 617. The number of nitrogens with two attached hydrogens (primary N) is 1. The lowest BCUT2D eigenvalue weighted by Crippen LogP contribution is -2.03. The van der Waals surface area contributed by atoms with E-state index in [1.807, 2.05) is 32.2 Å². The number of rotatable bonds is 6. The largest absolute Gasteiger partial charge is 0.490 e. The predicted molar refractivity (Wildman–Crippen MR) is 86.5 cm³/mol. The maximum absolute atomic E-state index is 5.91. The topological polar surface area (TPSA) is 57.4 Å². The second kappa shape index (κ2) is 7.43. The number of aryl methyl sites for hydroxylation is 1. The molecule has 0 bridgehead atoms. The highest BCUT2D eigenvalue weighted by molar-refractivity contribution is 9.10. The number of halogens is 1. The van der Waals surface area contributed by atoms with E-state index in [0.717, 1.165) is 21.2 Å². The molecule has 21 heavy (non-hydrogen) atoms. The van der Waals surface area contributed by atoms with E-state index in [1.165, 1.54) is 0 Å². The average molecular weight is 351 g/mol. The minimum atomic E-state index is 0.440. The number of pyridine rings is 1. The average Bonchev–Trinajstić information content (AvgIpc) is 2.46. The van der Waals surface area contributed by atoms with Gasteiger partial charge in [-0.2, -0.15) is 0 Å². The fourth-order valence-corrected chi connectivity index (χ4v) is 2.60. The van der Waals surface area contributed by atoms with E-state index in [4.69, 9.17) is 15.2 Å². The summed E-state index contributed by atoms with van der Waals surface area (Å²) in [5, 5.41) is 0. The quantitative estimate of drug-likeness (QED) is 0.864. The number of hydrogen-bond donors (Lipinski definition) is 1. The third kappa shape index (κ3) is 4.19. The molecule has 2 rings (SSSR count). The first-order valence-corrected chi connectivity index (χ1v) is 7.62. The lowest BCUT2D eigenvalue weighted by atomic mass is 10.2. The normalized spacial score (nSPS) is 10.5. The van der Waals surface area contributed by atoms with Gasteiger partial charge in [-0.25, -0.2) is 0 Å². The van der Waals surface area contributed by atoms with E-state index < -0.39 is 0 Å². The second-order valence-corrected chi connectivity index (χ2v) is 5.56. The molecule has 112 valence electrons. The summed E-state index contributed by atoms with van der Waals surface area (Å²) in [5.74, 6) is 1.39.